The van der Waals surface area contributed by atoms with Gasteiger partial charge >= 0.3 is 0 Å². The fourth-order valence-electron chi connectivity index (χ4n) is 2.00. The Labute approximate surface area is 103 Å². The van der Waals surface area contributed by atoms with E-state index in [0.29, 0.717) is 0 Å². The molecule has 2 nitrogen and oxygen atoms in total. The second-order valence-corrected chi connectivity index (χ2v) is 4.48. The summed E-state index contributed by atoms with van der Waals surface area (Å²) in [6.07, 6.45) is 0. The smallest absolute Gasteiger partial charge is 0.0393 e. The maximum atomic E-state index is 6.04. The molecule has 0 saturated carbocycles. The Balaban J connectivity index is 2.48. The van der Waals surface area contributed by atoms with Crippen molar-refractivity contribution >= 4 is 5.69 Å². The topological polar surface area (TPSA) is 29.3 Å². The number of hydrogen-bond donors (Lipinski definition) is 1. The Hall–Kier alpha value is -1.80. The minimum absolute atomic E-state index is 0.832. The van der Waals surface area contributed by atoms with Crippen LogP contribution in [0, 0.1) is 0 Å². The molecular weight excluding hydrogens is 208 g/mol. The third-order valence-electron chi connectivity index (χ3n) is 2.75. The molecule has 2 heteroatoms. The van der Waals surface area contributed by atoms with E-state index in [4.69, 9.17) is 5.73 Å². The second kappa shape index (κ2) is 5.02. The number of nitrogens with two attached hydrogens (primary N) is 1. The Bertz CT molecular complexity index is 504. The number of anilines is 1. The lowest BCUT2D eigenvalue weighted by Gasteiger charge is -2.15. The first-order valence-electron chi connectivity index (χ1n) is 5.76. The second-order valence-electron chi connectivity index (χ2n) is 4.48. The molecule has 17 heavy (non-hydrogen) atoms. The maximum Gasteiger partial charge on any atom is 0.0393 e. The van der Waals surface area contributed by atoms with Crippen LogP contribution < -0.4 is 5.73 Å². The van der Waals surface area contributed by atoms with Crippen molar-refractivity contribution < 1.29 is 0 Å². The third-order valence-corrected chi connectivity index (χ3v) is 2.75. The van der Waals surface area contributed by atoms with Gasteiger partial charge in [0, 0.05) is 17.8 Å². The lowest BCUT2D eigenvalue weighted by molar-refractivity contribution is 0.403. The van der Waals surface area contributed by atoms with Gasteiger partial charge in [-0.15, -0.1) is 0 Å². The van der Waals surface area contributed by atoms with Crippen LogP contribution in [-0.2, 0) is 6.54 Å². The number of benzene rings is 2. The molecule has 0 saturated heterocycles. The van der Waals surface area contributed by atoms with E-state index < -0.39 is 0 Å². The highest BCUT2D eigenvalue weighted by molar-refractivity contribution is 5.78. The zero-order chi connectivity index (χ0) is 12.3. The molecule has 0 aliphatic heterocycles. The van der Waals surface area contributed by atoms with Gasteiger partial charge < -0.3 is 10.6 Å². The van der Waals surface area contributed by atoms with Gasteiger partial charge in [-0.05, 0) is 31.3 Å². The fourth-order valence-corrected chi connectivity index (χ4v) is 2.00. The first-order chi connectivity index (χ1) is 8.18. The molecule has 0 heterocycles. The van der Waals surface area contributed by atoms with Crippen molar-refractivity contribution in [2.75, 3.05) is 19.8 Å². The lowest BCUT2D eigenvalue weighted by Crippen LogP contribution is -2.11. The highest BCUT2D eigenvalue weighted by Crippen LogP contribution is 2.28. The van der Waals surface area contributed by atoms with Crippen LogP contribution in [0.15, 0.2) is 48.5 Å². The molecule has 2 rings (SSSR count). The van der Waals surface area contributed by atoms with Crippen molar-refractivity contribution in [2.24, 2.45) is 0 Å². The molecule has 2 aromatic carbocycles. The van der Waals surface area contributed by atoms with E-state index in [2.05, 4.69) is 49.3 Å². The normalized spacial score (nSPS) is 10.8. The summed E-state index contributed by atoms with van der Waals surface area (Å²) in [5.74, 6) is 0. The van der Waals surface area contributed by atoms with Gasteiger partial charge in [0.05, 0.1) is 0 Å². The van der Waals surface area contributed by atoms with Crippen LogP contribution in [0.25, 0.3) is 11.1 Å². The average Bonchev–Trinajstić information content (AvgIpc) is 2.30. The van der Waals surface area contributed by atoms with Crippen molar-refractivity contribution in [3.8, 4) is 11.1 Å². The van der Waals surface area contributed by atoms with Gasteiger partial charge in [-0.1, -0.05) is 42.5 Å². The van der Waals surface area contributed by atoms with Crippen LogP contribution in [0.4, 0.5) is 5.69 Å². The quantitative estimate of drug-likeness (QED) is 0.815. The van der Waals surface area contributed by atoms with E-state index in [1.165, 1.54) is 11.1 Å². The number of para-hydroxylation sites is 1. The molecule has 0 unspecified atom stereocenters. The van der Waals surface area contributed by atoms with Crippen molar-refractivity contribution in [3.05, 3.63) is 54.1 Å². The number of nitrogen functional groups attached to an aromatic ring is 1. The number of hydrogen-bond acceptors (Lipinski definition) is 2. The molecule has 0 spiro atoms. The minimum atomic E-state index is 0.832. The molecule has 2 aromatic rings. The van der Waals surface area contributed by atoms with Crippen molar-refractivity contribution in [3.63, 3.8) is 0 Å². The van der Waals surface area contributed by atoms with Crippen LogP contribution in [0.2, 0.25) is 0 Å². The third kappa shape index (κ3) is 2.66. The number of rotatable bonds is 3. The Kier molecular flexibility index (Phi) is 3.45. The van der Waals surface area contributed by atoms with E-state index in [1.807, 2.05) is 18.2 Å². The predicted molar refractivity (Wildman–Crippen MR) is 73.7 cm³/mol. The summed E-state index contributed by atoms with van der Waals surface area (Å²) in [4.78, 5) is 2.16. The Morgan fingerprint density at radius 3 is 2.12 bits per heavy atom. The molecule has 0 amide bonds. The van der Waals surface area contributed by atoms with E-state index in [-0.39, 0.29) is 0 Å². The van der Waals surface area contributed by atoms with Crippen LogP contribution in [0.1, 0.15) is 5.56 Å². The van der Waals surface area contributed by atoms with Crippen LogP contribution in [0.3, 0.4) is 0 Å². The SMILES string of the molecule is CN(C)Cc1ccccc1-c1ccccc1N. The van der Waals surface area contributed by atoms with Gasteiger partial charge in [0.1, 0.15) is 0 Å². The first-order valence-corrected chi connectivity index (χ1v) is 5.76. The average molecular weight is 226 g/mol. The summed E-state index contributed by atoms with van der Waals surface area (Å²) >= 11 is 0. The van der Waals surface area contributed by atoms with Gasteiger partial charge in [-0.2, -0.15) is 0 Å². The van der Waals surface area contributed by atoms with E-state index >= 15 is 0 Å². The van der Waals surface area contributed by atoms with Gasteiger partial charge in [0.15, 0.2) is 0 Å². The summed E-state index contributed by atoms with van der Waals surface area (Å²) in [7, 11) is 4.15. The first kappa shape index (κ1) is 11.7. The monoisotopic (exact) mass is 226 g/mol. The fraction of sp³-hybridized carbons (Fsp3) is 0.200. The minimum Gasteiger partial charge on any atom is -0.398 e. The van der Waals surface area contributed by atoms with E-state index in [9.17, 15) is 0 Å². The maximum absolute atomic E-state index is 6.04. The standard InChI is InChI=1S/C15H18N2/c1-17(2)11-12-7-3-4-8-13(12)14-9-5-6-10-15(14)16/h3-10H,11,16H2,1-2H3. The van der Waals surface area contributed by atoms with Gasteiger partial charge in [0.2, 0.25) is 0 Å². The summed E-state index contributed by atoms with van der Waals surface area (Å²) in [5.41, 5.74) is 10.5. The summed E-state index contributed by atoms with van der Waals surface area (Å²) in [5, 5.41) is 0. The molecule has 2 N–H and O–H groups in total. The molecule has 0 fully saturated rings. The van der Waals surface area contributed by atoms with Crippen LogP contribution in [0.5, 0.6) is 0 Å². The van der Waals surface area contributed by atoms with Crippen LogP contribution in [-0.4, -0.2) is 19.0 Å². The van der Waals surface area contributed by atoms with Crippen molar-refractivity contribution in [1.29, 1.82) is 0 Å². The van der Waals surface area contributed by atoms with Gasteiger partial charge in [0.25, 0.3) is 0 Å². The molecule has 0 atom stereocenters. The summed E-state index contributed by atoms with van der Waals surface area (Å²) in [6, 6.07) is 16.4. The molecule has 88 valence electrons. The molecule has 0 aliphatic rings. The molecule has 0 aliphatic carbocycles. The highest BCUT2D eigenvalue weighted by Gasteiger charge is 2.07. The molecule has 0 radical (unpaired) electrons. The van der Waals surface area contributed by atoms with Crippen molar-refractivity contribution in [2.45, 2.75) is 6.54 Å². The summed E-state index contributed by atoms with van der Waals surface area (Å²) < 4.78 is 0. The largest absolute Gasteiger partial charge is 0.398 e. The van der Waals surface area contributed by atoms with Crippen LogP contribution >= 0.6 is 0 Å². The van der Waals surface area contributed by atoms with Gasteiger partial charge in [-0.25, -0.2) is 0 Å². The predicted octanol–water partition coefficient (Wildman–Crippen LogP) is 3.00. The molecule has 0 bridgehead atoms. The number of nitrogens with zero attached hydrogens (tertiary/aromatic N) is 1. The lowest BCUT2D eigenvalue weighted by atomic mass is 9.98. The zero-order valence-electron chi connectivity index (χ0n) is 10.4. The highest BCUT2D eigenvalue weighted by atomic mass is 15.0. The Morgan fingerprint density at radius 2 is 1.47 bits per heavy atom. The van der Waals surface area contributed by atoms with E-state index in [1.54, 1.807) is 0 Å². The van der Waals surface area contributed by atoms with Gasteiger partial charge in [-0.3, -0.25) is 0 Å². The summed E-state index contributed by atoms with van der Waals surface area (Å²) in [6.45, 7) is 0.921. The zero-order valence-corrected chi connectivity index (χ0v) is 10.4. The Morgan fingerprint density at radius 1 is 0.882 bits per heavy atom. The van der Waals surface area contributed by atoms with E-state index in [0.717, 1.165) is 17.8 Å². The van der Waals surface area contributed by atoms with Crippen molar-refractivity contribution in [1.82, 2.24) is 4.90 Å². The molecule has 0 aromatic heterocycles. The molecular formula is C15H18N2.